The zero-order chi connectivity index (χ0) is 13.4. The number of imidazole rings is 1. The maximum atomic E-state index is 10.9. The Kier molecular flexibility index (Phi) is 3.09. The second-order valence-corrected chi connectivity index (χ2v) is 4.66. The van der Waals surface area contributed by atoms with Crippen molar-refractivity contribution in [2.24, 2.45) is 5.73 Å². The van der Waals surface area contributed by atoms with E-state index in [9.17, 15) is 4.79 Å². The van der Waals surface area contributed by atoms with Crippen LogP contribution in [-0.4, -0.2) is 20.6 Å². The molecule has 0 aliphatic heterocycles. The Morgan fingerprint density at radius 2 is 2.06 bits per heavy atom. The molecule has 2 rings (SSSR count). The largest absolute Gasteiger partial charge is 0.480 e. The predicted molar refractivity (Wildman–Crippen MR) is 69.4 cm³/mol. The molecule has 1 atom stereocenters. The lowest BCUT2D eigenvalue weighted by Gasteiger charge is -2.09. The summed E-state index contributed by atoms with van der Waals surface area (Å²) in [7, 11) is 0. The van der Waals surface area contributed by atoms with Crippen molar-refractivity contribution in [3.05, 3.63) is 29.1 Å². The third-order valence-corrected chi connectivity index (χ3v) is 3.09. The highest BCUT2D eigenvalue weighted by molar-refractivity contribution is 5.80. The molecule has 1 heterocycles. The van der Waals surface area contributed by atoms with Gasteiger partial charge in [0.15, 0.2) is 0 Å². The average Bonchev–Trinajstić information content (AvgIpc) is 2.57. The lowest BCUT2D eigenvalue weighted by molar-refractivity contribution is -0.137. The number of hydrogen-bond donors (Lipinski definition) is 2. The molecule has 0 fully saturated rings. The number of nitrogens with zero attached hydrogens (tertiary/aromatic N) is 2. The maximum Gasteiger partial charge on any atom is 0.323 e. The van der Waals surface area contributed by atoms with Crippen LogP contribution >= 0.6 is 0 Å². The van der Waals surface area contributed by atoms with Crippen LogP contribution in [0.4, 0.5) is 0 Å². The second kappa shape index (κ2) is 4.42. The van der Waals surface area contributed by atoms with Crippen LogP contribution in [0.1, 0.15) is 29.9 Å². The third-order valence-electron chi connectivity index (χ3n) is 3.09. The van der Waals surface area contributed by atoms with Gasteiger partial charge in [-0.05, 0) is 44.0 Å². The molecular weight excluding hydrogens is 230 g/mol. The summed E-state index contributed by atoms with van der Waals surface area (Å²) < 4.78 is 1.68. The predicted octanol–water partition coefficient (Wildman–Crippen LogP) is 1.76. The number of nitrogens with two attached hydrogens (primary N) is 1. The number of carboxylic acids is 1. The van der Waals surface area contributed by atoms with Gasteiger partial charge in [-0.15, -0.1) is 0 Å². The fourth-order valence-electron chi connectivity index (χ4n) is 2.05. The van der Waals surface area contributed by atoms with Crippen LogP contribution in [0, 0.1) is 13.8 Å². The van der Waals surface area contributed by atoms with Crippen LogP contribution in [0.5, 0.6) is 0 Å². The van der Waals surface area contributed by atoms with Gasteiger partial charge in [0.1, 0.15) is 12.4 Å². The Morgan fingerprint density at radius 1 is 1.44 bits per heavy atom. The molecule has 0 aliphatic rings. The van der Waals surface area contributed by atoms with Gasteiger partial charge in [0.05, 0.1) is 17.1 Å². The fourth-order valence-corrected chi connectivity index (χ4v) is 2.05. The summed E-state index contributed by atoms with van der Waals surface area (Å²) in [6, 6.07) is 3.64. The van der Waals surface area contributed by atoms with E-state index in [0.717, 1.165) is 22.2 Å². The van der Waals surface area contributed by atoms with Gasteiger partial charge < -0.3 is 15.4 Å². The molecule has 1 aromatic heterocycles. The van der Waals surface area contributed by atoms with Crippen LogP contribution in [0.15, 0.2) is 12.1 Å². The Hall–Kier alpha value is -1.88. The molecule has 5 nitrogen and oxygen atoms in total. The molecule has 3 N–H and O–H groups in total. The number of aryl methyl sites for hydroxylation is 2. The molecule has 0 radical (unpaired) electrons. The number of hydrogen-bond acceptors (Lipinski definition) is 3. The third kappa shape index (κ3) is 2.09. The minimum Gasteiger partial charge on any atom is -0.480 e. The Morgan fingerprint density at radius 3 is 2.61 bits per heavy atom. The second-order valence-electron chi connectivity index (χ2n) is 4.66. The first-order chi connectivity index (χ1) is 8.40. The smallest absolute Gasteiger partial charge is 0.323 e. The van der Waals surface area contributed by atoms with Gasteiger partial charge >= 0.3 is 5.97 Å². The summed E-state index contributed by atoms with van der Waals surface area (Å²) in [6.45, 7) is 5.70. The van der Waals surface area contributed by atoms with Crippen LogP contribution in [-0.2, 0) is 11.3 Å². The lowest BCUT2D eigenvalue weighted by Crippen LogP contribution is -2.17. The van der Waals surface area contributed by atoms with Gasteiger partial charge in [-0.3, -0.25) is 4.79 Å². The minimum absolute atomic E-state index is 0.115. The molecule has 2 aromatic rings. The van der Waals surface area contributed by atoms with Crippen molar-refractivity contribution < 1.29 is 9.90 Å². The van der Waals surface area contributed by atoms with E-state index < -0.39 is 5.97 Å². The zero-order valence-corrected chi connectivity index (χ0v) is 10.8. The van der Waals surface area contributed by atoms with Crippen LogP contribution in [0.2, 0.25) is 0 Å². The quantitative estimate of drug-likeness (QED) is 0.865. The van der Waals surface area contributed by atoms with Crippen molar-refractivity contribution in [1.29, 1.82) is 0 Å². The molecule has 5 heteroatoms. The first kappa shape index (κ1) is 12.6. The number of fused-ring (bicyclic) bond motifs is 1. The van der Waals surface area contributed by atoms with E-state index in [2.05, 4.69) is 4.98 Å². The van der Waals surface area contributed by atoms with E-state index in [1.165, 1.54) is 0 Å². The van der Waals surface area contributed by atoms with Gasteiger partial charge in [0.25, 0.3) is 0 Å². The van der Waals surface area contributed by atoms with E-state index >= 15 is 0 Å². The maximum absolute atomic E-state index is 10.9. The summed E-state index contributed by atoms with van der Waals surface area (Å²) in [5.41, 5.74) is 9.73. The Bertz CT molecular complexity index is 614. The molecule has 0 saturated heterocycles. The standard InChI is InChI=1S/C13H17N3O2/c1-7-4-10-11(5-8(7)2)16(6-12(17)18)13(15-10)9(3)14/h4-5,9H,6,14H2,1-3H3,(H,17,18). The van der Waals surface area contributed by atoms with Crippen molar-refractivity contribution in [2.45, 2.75) is 33.4 Å². The summed E-state index contributed by atoms with van der Waals surface area (Å²) in [4.78, 5) is 15.4. The molecule has 18 heavy (non-hydrogen) atoms. The zero-order valence-electron chi connectivity index (χ0n) is 10.8. The fraction of sp³-hybridized carbons (Fsp3) is 0.385. The number of aliphatic carboxylic acids is 1. The van der Waals surface area contributed by atoms with E-state index in [1.807, 2.05) is 26.0 Å². The molecule has 96 valence electrons. The topological polar surface area (TPSA) is 81.1 Å². The van der Waals surface area contributed by atoms with E-state index in [-0.39, 0.29) is 12.6 Å². The summed E-state index contributed by atoms with van der Waals surface area (Å²) >= 11 is 0. The molecule has 0 spiro atoms. The van der Waals surface area contributed by atoms with Crippen LogP contribution < -0.4 is 5.73 Å². The van der Waals surface area contributed by atoms with Crippen molar-refractivity contribution in [3.8, 4) is 0 Å². The molecule has 0 saturated carbocycles. The van der Waals surface area contributed by atoms with Gasteiger partial charge in [0.2, 0.25) is 0 Å². The summed E-state index contributed by atoms with van der Waals surface area (Å²) in [6.07, 6.45) is 0. The van der Waals surface area contributed by atoms with E-state index in [4.69, 9.17) is 10.8 Å². The summed E-state index contributed by atoms with van der Waals surface area (Å²) in [5, 5.41) is 8.99. The average molecular weight is 247 g/mol. The highest BCUT2D eigenvalue weighted by Gasteiger charge is 2.16. The summed E-state index contributed by atoms with van der Waals surface area (Å²) in [5.74, 6) is -0.285. The molecular formula is C13H17N3O2. The van der Waals surface area contributed by atoms with Gasteiger partial charge in [0, 0.05) is 0 Å². The van der Waals surface area contributed by atoms with Crippen LogP contribution in [0.25, 0.3) is 11.0 Å². The van der Waals surface area contributed by atoms with Crippen molar-refractivity contribution in [1.82, 2.24) is 9.55 Å². The van der Waals surface area contributed by atoms with Gasteiger partial charge in [-0.1, -0.05) is 0 Å². The normalized spacial score (nSPS) is 12.9. The number of aromatic nitrogens is 2. The Balaban J connectivity index is 2.72. The highest BCUT2D eigenvalue weighted by atomic mass is 16.4. The van der Waals surface area contributed by atoms with Crippen molar-refractivity contribution >= 4 is 17.0 Å². The molecule has 0 amide bonds. The minimum atomic E-state index is -0.894. The van der Waals surface area contributed by atoms with E-state index in [1.54, 1.807) is 11.5 Å². The molecule has 1 unspecified atom stereocenters. The molecule has 0 bridgehead atoms. The van der Waals surface area contributed by atoms with Crippen LogP contribution in [0.3, 0.4) is 0 Å². The Labute approximate surface area is 105 Å². The van der Waals surface area contributed by atoms with E-state index in [0.29, 0.717) is 5.82 Å². The first-order valence-corrected chi connectivity index (χ1v) is 5.85. The number of rotatable bonds is 3. The molecule has 1 aromatic carbocycles. The van der Waals surface area contributed by atoms with Gasteiger partial charge in [-0.25, -0.2) is 4.98 Å². The number of carboxylic acid groups (broad SMARTS) is 1. The van der Waals surface area contributed by atoms with Crippen molar-refractivity contribution in [2.75, 3.05) is 0 Å². The van der Waals surface area contributed by atoms with Gasteiger partial charge in [-0.2, -0.15) is 0 Å². The SMILES string of the molecule is Cc1cc2nc(C(C)N)n(CC(=O)O)c2cc1C. The highest BCUT2D eigenvalue weighted by Crippen LogP contribution is 2.23. The number of benzene rings is 1. The monoisotopic (exact) mass is 247 g/mol. The van der Waals surface area contributed by atoms with Crippen molar-refractivity contribution in [3.63, 3.8) is 0 Å². The molecule has 0 aliphatic carbocycles. The first-order valence-electron chi connectivity index (χ1n) is 5.85. The lowest BCUT2D eigenvalue weighted by atomic mass is 10.1. The number of carbonyl (C=O) groups is 1.